The molecule has 0 radical (unpaired) electrons. The van der Waals surface area contributed by atoms with Crippen molar-refractivity contribution in [2.75, 3.05) is 26.3 Å². The zero-order chi connectivity index (χ0) is 17.2. The molecule has 0 aliphatic carbocycles. The van der Waals surface area contributed by atoms with E-state index in [9.17, 15) is 4.79 Å². The van der Waals surface area contributed by atoms with E-state index < -0.39 is 0 Å². The number of aryl methyl sites for hydroxylation is 2. The fraction of sp³-hybridized carbons (Fsp3) is 0.588. The first kappa shape index (κ1) is 16.3. The molecule has 1 fully saturated rings. The molecular weight excluding hydrogens is 322 g/mol. The Morgan fingerprint density at radius 1 is 1.36 bits per heavy atom. The first-order valence-electron chi connectivity index (χ1n) is 8.76. The second kappa shape index (κ2) is 6.97. The molecule has 4 heterocycles. The first-order valence-corrected chi connectivity index (χ1v) is 8.76. The molecule has 0 saturated carbocycles. The number of fused-ring (bicyclic) bond motifs is 1. The van der Waals surface area contributed by atoms with Crippen LogP contribution in [-0.4, -0.2) is 57.9 Å². The van der Waals surface area contributed by atoms with Crippen molar-refractivity contribution in [1.29, 1.82) is 0 Å². The largest absolute Gasteiger partial charge is 0.459 e. The Morgan fingerprint density at radius 2 is 2.20 bits per heavy atom. The summed E-state index contributed by atoms with van der Waals surface area (Å²) in [5, 5.41) is 11.4. The highest BCUT2D eigenvalue weighted by Crippen LogP contribution is 2.18. The minimum Gasteiger partial charge on any atom is -0.459 e. The molecule has 1 amide bonds. The van der Waals surface area contributed by atoms with Crippen molar-refractivity contribution in [1.82, 2.24) is 25.0 Å². The molecule has 0 spiro atoms. The number of hydrogen-bond acceptors (Lipinski definition) is 6. The van der Waals surface area contributed by atoms with Crippen molar-refractivity contribution in [2.45, 2.75) is 38.9 Å². The highest BCUT2D eigenvalue weighted by molar-refractivity contribution is 5.93. The lowest BCUT2D eigenvalue weighted by Gasteiger charge is -2.27. The van der Waals surface area contributed by atoms with Gasteiger partial charge in [-0.15, -0.1) is 10.2 Å². The number of carbonyl (C=O) groups excluding carboxylic acids is 1. The molecule has 2 aromatic heterocycles. The molecule has 4 rings (SSSR count). The van der Waals surface area contributed by atoms with E-state index in [-0.39, 0.29) is 11.9 Å². The maximum Gasteiger partial charge on any atom is 0.287 e. The predicted octanol–water partition coefficient (Wildman–Crippen LogP) is 0.757. The highest BCUT2D eigenvalue weighted by Gasteiger charge is 2.25. The molecule has 0 aromatic carbocycles. The van der Waals surface area contributed by atoms with Crippen LogP contribution in [0.3, 0.4) is 0 Å². The Balaban J connectivity index is 1.40. The van der Waals surface area contributed by atoms with Crippen LogP contribution in [0, 0.1) is 6.92 Å². The third kappa shape index (κ3) is 3.45. The van der Waals surface area contributed by atoms with E-state index >= 15 is 0 Å². The van der Waals surface area contributed by atoms with E-state index in [2.05, 4.69) is 25.0 Å². The van der Waals surface area contributed by atoms with Crippen LogP contribution in [0.1, 0.15) is 34.2 Å². The normalized spacial score (nSPS) is 21.1. The topological polar surface area (TPSA) is 85.4 Å². The van der Waals surface area contributed by atoms with E-state index in [0.717, 1.165) is 56.4 Å². The third-order valence-corrected chi connectivity index (χ3v) is 4.92. The van der Waals surface area contributed by atoms with Gasteiger partial charge in [0.1, 0.15) is 11.6 Å². The van der Waals surface area contributed by atoms with Crippen molar-refractivity contribution in [3.05, 3.63) is 35.3 Å². The maximum atomic E-state index is 12.7. The minimum atomic E-state index is -0.146. The van der Waals surface area contributed by atoms with Crippen LogP contribution in [0.2, 0.25) is 0 Å². The number of hydrogen-bond donors (Lipinski definition) is 1. The number of amides is 1. The standard InChI is InChI=1S/C17H23N5O3/c1-12-19-20-15-3-2-14(11-22(12)15)18-17(23)16-13(4-7-25-16)10-21-5-8-24-9-6-21/h4,7,14H,2-3,5-6,8-11H2,1H3,(H,18,23)/t14-/m1/s1. The fourth-order valence-corrected chi connectivity index (χ4v) is 3.49. The molecule has 25 heavy (non-hydrogen) atoms. The first-order chi connectivity index (χ1) is 12.2. The lowest BCUT2D eigenvalue weighted by molar-refractivity contribution is 0.0339. The summed E-state index contributed by atoms with van der Waals surface area (Å²) in [6.45, 7) is 6.59. The number of morpholine rings is 1. The summed E-state index contributed by atoms with van der Waals surface area (Å²) < 4.78 is 12.9. The lowest BCUT2D eigenvalue weighted by atomic mass is 10.1. The van der Waals surface area contributed by atoms with Crippen LogP contribution in [0.25, 0.3) is 0 Å². The Labute approximate surface area is 146 Å². The maximum absolute atomic E-state index is 12.7. The highest BCUT2D eigenvalue weighted by atomic mass is 16.5. The summed E-state index contributed by atoms with van der Waals surface area (Å²) >= 11 is 0. The monoisotopic (exact) mass is 345 g/mol. The van der Waals surface area contributed by atoms with Gasteiger partial charge in [-0.2, -0.15) is 0 Å². The van der Waals surface area contributed by atoms with Gasteiger partial charge in [0.05, 0.1) is 19.5 Å². The van der Waals surface area contributed by atoms with Crippen LogP contribution in [-0.2, 0) is 24.2 Å². The molecule has 134 valence electrons. The van der Waals surface area contributed by atoms with Crippen molar-refractivity contribution >= 4 is 5.91 Å². The van der Waals surface area contributed by atoms with E-state index in [1.54, 1.807) is 6.26 Å². The molecule has 0 unspecified atom stereocenters. The van der Waals surface area contributed by atoms with Crippen LogP contribution in [0.4, 0.5) is 0 Å². The Hall–Kier alpha value is -2.19. The predicted molar refractivity (Wildman–Crippen MR) is 89.1 cm³/mol. The summed E-state index contributed by atoms with van der Waals surface area (Å²) in [4.78, 5) is 15.0. The summed E-state index contributed by atoms with van der Waals surface area (Å²) in [6.07, 6.45) is 3.28. The van der Waals surface area contributed by atoms with Crippen LogP contribution in [0.5, 0.6) is 0 Å². The van der Waals surface area contributed by atoms with Crippen molar-refractivity contribution < 1.29 is 13.9 Å². The molecular formula is C17H23N5O3. The Bertz CT molecular complexity index is 747. The summed E-state index contributed by atoms with van der Waals surface area (Å²) in [5.41, 5.74) is 0.927. The zero-order valence-electron chi connectivity index (χ0n) is 14.4. The van der Waals surface area contributed by atoms with Gasteiger partial charge in [0.2, 0.25) is 0 Å². The quantitative estimate of drug-likeness (QED) is 0.880. The molecule has 0 bridgehead atoms. The van der Waals surface area contributed by atoms with Gasteiger partial charge in [-0.1, -0.05) is 0 Å². The number of nitrogens with one attached hydrogen (secondary N) is 1. The molecule has 2 aromatic rings. The third-order valence-electron chi connectivity index (χ3n) is 4.92. The van der Waals surface area contributed by atoms with Gasteiger partial charge in [-0.05, 0) is 19.4 Å². The molecule has 1 atom stereocenters. The Morgan fingerprint density at radius 3 is 3.04 bits per heavy atom. The van der Waals surface area contributed by atoms with E-state index in [4.69, 9.17) is 9.15 Å². The number of furan rings is 1. The molecule has 8 heteroatoms. The molecule has 1 saturated heterocycles. The number of nitrogens with zero attached hydrogens (tertiary/aromatic N) is 4. The SMILES string of the molecule is Cc1nnc2n1C[C@H](NC(=O)c1occc1CN1CCOCC1)CC2. The smallest absolute Gasteiger partial charge is 0.287 e. The summed E-state index contributed by atoms with van der Waals surface area (Å²) in [7, 11) is 0. The molecule has 2 aliphatic rings. The minimum absolute atomic E-state index is 0.0658. The summed E-state index contributed by atoms with van der Waals surface area (Å²) in [5.74, 6) is 2.15. The van der Waals surface area contributed by atoms with E-state index in [1.807, 2.05) is 13.0 Å². The van der Waals surface area contributed by atoms with Crippen molar-refractivity contribution in [2.24, 2.45) is 0 Å². The number of carbonyl (C=O) groups is 1. The fourth-order valence-electron chi connectivity index (χ4n) is 3.49. The number of rotatable bonds is 4. The van der Waals surface area contributed by atoms with E-state index in [0.29, 0.717) is 18.8 Å². The van der Waals surface area contributed by atoms with Gasteiger partial charge in [0.15, 0.2) is 5.76 Å². The zero-order valence-corrected chi connectivity index (χ0v) is 14.4. The van der Waals surface area contributed by atoms with Crippen LogP contribution in [0.15, 0.2) is 16.7 Å². The molecule has 8 nitrogen and oxygen atoms in total. The number of aromatic nitrogens is 3. The van der Waals surface area contributed by atoms with Gasteiger partial charge in [-0.25, -0.2) is 0 Å². The number of ether oxygens (including phenoxy) is 1. The molecule has 1 N–H and O–H groups in total. The second-order valence-electron chi connectivity index (χ2n) is 6.65. The van der Waals surface area contributed by atoms with Crippen molar-refractivity contribution in [3.8, 4) is 0 Å². The van der Waals surface area contributed by atoms with Gasteiger partial charge in [0, 0.05) is 44.2 Å². The second-order valence-corrected chi connectivity index (χ2v) is 6.65. The lowest BCUT2D eigenvalue weighted by Crippen LogP contribution is -2.41. The van der Waals surface area contributed by atoms with E-state index in [1.165, 1.54) is 0 Å². The van der Waals surface area contributed by atoms with Crippen LogP contribution >= 0.6 is 0 Å². The average Bonchev–Trinajstić information content (AvgIpc) is 3.23. The van der Waals surface area contributed by atoms with Gasteiger partial charge < -0.3 is 19.0 Å². The Kier molecular flexibility index (Phi) is 4.54. The van der Waals surface area contributed by atoms with Crippen molar-refractivity contribution in [3.63, 3.8) is 0 Å². The average molecular weight is 345 g/mol. The van der Waals surface area contributed by atoms with Gasteiger partial charge >= 0.3 is 0 Å². The van der Waals surface area contributed by atoms with Gasteiger partial charge in [-0.3, -0.25) is 9.69 Å². The van der Waals surface area contributed by atoms with Crippen LogP contribution < -0.4 is 5.32 Å². The van der Waals surface area contributed by atoms with Gasteiger partial charge in [0.25, 0.3) is 5.91 Å². The summed E-state index contributed by atoms with van der Waals surface area (Å²) in [6, 6.07) is 1.95. The molecule has 2 aliphatic heterocycles.